The largest absolute Gasteiger partial charge is 0.385 e. The Kier molecular flexibility index (Phi) is 3.40. The van der Waals surface area contributed by atoms with Gasteiger partial charge in [0.25, 0.3) is 0 Å². The highest BCUT2D eigenvalue weighted by Gasteiger charge is 2.19. The zero-order valence-corrected chi connectivity index (χ0v) is 9.19. The first kappa shape index (κ1) is 10.6. The van der Waals surface area contributed by atoms with Crippen LogP contribution < -0.4 is 0 Å². The van der Waals surface area contributed by atoms with E-state index in [0.29, 0.717) is 0 Å². The van der Waals surface area contributed by atoms with E-state index in [-0.39, 0.29) is 0 Å². The molecule has 0 spiro atoms. The molecule has 1 atom stereocenters. The van der Waals surface area contributed by atoms with Gasteiger partial charge in [0.2, 0.25) is 0 Å². The van der Waals surface area contributed by atoms with Crippen LogP contribution in [0.2, 0.25) is 0 Å². The minimum absolute atomic E-state index is 0.684. The molecule has 0 unspecified atom stereocenters. The number of thioether (sulfide) groups is 1. The third kappa shape index (κ3) is 2.48. The molecule has 1 aromatic carbocycles. The van der Waals surface area contributed by atoms with E-state index in [1.165, 1.54) is 4.90 Å². The molecule has 0 saturated carbocycles. The van der Waals surface area contributed by atoms with Gasteiger partial charge in [-0.3, -0.25) is 0 Å². The molecule has 0 aliphatic rings. The SMILES string of the molecule is CC[C@@](C)(O)c1ccc(SC)cc1. The van der Waals surface area contributed by atoms with E-state index in [1.54, 1.807) is 11.8 Å². The van der Waals surface area contributed by atoms with Crippen LogP contribution in [0.3, 0.4) is 0 Å². The molecule has 0 aliphatic carbocycles. The van der Waals surface area contributed by atoms with Gasteiger partial charge in [0.15, 0.2) is 0 Å². The maximum Gasteiger partial charge on any atom is 0.0865 e. The number of aliphatic hydroxyl groups is 1. The van der Waals surface area contributed by atoms with Crippen molar-refractivity contribution in [2.75, 3.05) is 6.26 Å². The van der Waals surface area contributed by atoms with Crippen LogP contribution in [0, 0.1) is 0 Å². The molecule has 72 valence electrons. The fourth-order valence-electron chi connectivity index (χ4n) is 1.15. The van der Waals surface area contributed by atoms with E-state index in [1.807, 2.05) is 44.4 Å². The molecule has 0 aliphatic heterocycles. The molecule has 0 amide bonds. The summed E-state index contributed by atoms with van der Waals surface area (Å²) >= 11 is 1.71. The highest BCUT2D eigenvalue weighted by atomic mass is 32.2. The van der Waals surface area contributed by atoms with E-state index in [9.17, 15) is 5.11 Å². The number of benzene rings is 1. The van der Waals surface area contributed by atoms with Gasteiger partial charge in [0.1, 0.15) is 0 Å². The number of hydrogen-bond donors (Lipinski definition) is 1. The van der Waals surface area contributed by atoms with Crippen molar-refractivity contribution in [3.63, 3.8) is 0 Å². The Morgan fingerprint density at radius 1 is 1.31 bits per heavy atom. The normalized spacial score (nSPS) is 15.4. The molecule has 1 rings (SSSR count). The Hall–Kier alpha value is -0.470. The van der Waals surface area contributed by atoms with Gasteiger partial charge in [-0.1, -0.05) is 19.1 Å². The van der Waals surface area contributed by atoms with Crippen LogP contribution in [0.5, 0.6) is 0 Å². The van der Waals surface area contributed by atoms with Crippen LogP contribution in [-0.2, 0) is 5.60 Å². The van der Waals surface area contributed by atoms with Crippen molar-refractivity contribution in [1.29, 1.82) is 0 Å². The first-order valence-corrected chi connectivity index (χ1v) is 5.69. The van der Waals surface area contributed by atoms with E-state index in [4.69, 9.17) is 0 Å². The van der Waals surface area contributed by atoms with Crippen molar-refractivity contribution in [3.8, 4) is 0 Å². The summed E-state index contributed by atoms with van der Waals surface area (Å²) in [7, 11) is 0. The van der Waals surface area contributed by atoms with Crippen LogP contribution in [0.25, 0.3) is 0 Å². The maximum atomic E-state index is 9.95. The van der Waals surface area contributed by atoms with E-state index in [2.05, 4.69) is 0 Å². The maximum absolute atomic E-state index is 9.95. The van der Waals surface area contributed by atoms with Gasteiger partial charge < -0.3 is 5.11 Å². The van der Waals surface area contributed by atoms with Crippen LogP contribution in [0.4, 0.5) is 0 Å². The van der Waals surface area contributed by atoms with Crippen molar-refractivity contribution in [3.05, 3.63) is 29.8 Å². The minimum atomic E-state index is -0.684. The Bertz CT molecular complexity index is 264. The lowest BCUT2D eigenvalue weighted by Gasteiger charge is -2.21. The molecule has 2 heteroatoms. The van der Waals surface area contributed by atoms with Crippen molar-refractivity contribution < 1.29 is 5.11 Å². The van der Waals surface area contributed by atoms with Crippen LogP contribution >= 0.6 is 11.8 Å². The predicted molar refractivity (Wildman–Crippen MR) is 58.1 cm³/mol. The number of hydrogen-bond acceptors (Lipinski definition) is 2. The van der Waals surface area contributed by atoms with Gasteiger partial charge in [-0.05, 0) is 37.3 Å². The highest BCUT2D eigenvalue weighted by Crippen LogP contribution is 2.25. The Balaban J connectivity index is 2.92. The molecule has 1 N–H and O–H groups in total. The standard InChI is InChI=1S/C11H16OS/c1-4-11(2,12)9-5-7-10(13-3)8-6-9/h5-8,12H,4H2,1-3H3/t11-/m1/s1. The monoisotopic (exact) mass is 196 g/mol. The lowest BCUT2D eigenvalue weighted by molar-refractivity contribution is 0.0530. The van der Waals surface area contributed by atoms with E-state index in [0.717, 1.165) is 12.0 Å². The molecule has 0 bridgehead atoms. The topological polar surface area (TPSA) is 20.2 Å². The number of rotatable bonds is 3. The molecular formula is C11H16OS. The minimum Gasteiger partial charge on any atom is -0.385 e. The predicted octanol–water partition coefficient (Wildman–Crippen LogP) is 3.03. The fourth-order valence-corrected chi connectivity index (χ4v) is 1.56. The average molecular weight is 196 g/mol. The first-order chi connectivity index (χ1) is 6.10. The molecule has 1 nitrogen and oxygen atoms in total. The first-order valence-electron chi connectivity index (χ1n) is 4.47. The molecule has 0 radical (unpaired) electrons. The van der Waals surface area contributed by atoms with Gasteiger partial charge in [0.05, 0.1) is 5.60 Å². The second-order valence-electron chi connectivity index (χ2n) is 3.36. The van der Waals surface area contributed by atoms with Crippen LogP contribution in [-0.4, -0.2) is 11.4 Å². The van der Waals surface area contributed by atoms with Crippen molar-refractivity contribution in [1.82, 2.24) is 0 Å². The molecule has 0 aromatic heterocycles. The lowest BCUT2D eigenvalue weighted by Crippen LogP contribution is -2.19. The van der Waals surface area contributed by atoms with Crippen molar-refractivity contribution in [2.45, 2.75) is 30.8 Å². The summed E-state index contributed by atoms with van der Waals surface area (Å²) in [6.45, 7) is 3.84. The van der Waals surface area contributed by atoms with Gasteiger partial charge in [-0.25, -0.2) is 0 Å². The molecular weight excluding hydrogens is 180 g/mol. The van der Waals surface area contributed by atoms with Gasteiger partial charge in [-0.2, -0.15) is 0 Å². The van der Waals surface area contributed by atoms with Gasteiger partial charge >= 0.3 is 0 Å². The Labute approximate surface area is 84.2 Å². The fraction of sp³-hybridized carbons (Fsp3) is 0.455. The summed E-state index contributed by atoms with van der Waals surface area (Å²) in [6, 6.07) is 8.08. The third-order valence-electron chi connectivity index (χ3n) is 2.40. The lowest BCUT2D eigenvalue weighted by atomic mass is 9.94. The zero-order chi connectivity index (χ0) is 9.90. The second kappa shape index (κ2) is 4.16. The molecule has 0 heterocycles. The van der Waals surface area contributed by atoms with E-state index < -0.39 is 5.60 Å². The van der Waals surface area contributed by atoms with Crippen molar-refractivity contribution >= 4 is 11.8 Å². The molecule has 1 aromatic rings. The van der Waals surface area contributed by atoms with E-state index >= 15 is 0 Å². The summed E-state index contributed by atoms with van der Waals surface area (Å²) in [5.74, 6) is 0. The Morgan fingerprint density at radius 2 is 1.85 bits per heavy atom. The molecule has 13 heavy (non-hydrogen) atoms. The quantitative estimate of drug-likeness (QED) is 0.750. The summed E-state index contributed by atoms with van der Waals surface area (Å²) < 4.78 is 0. The smallest absolute Gasteiger partial charge is 0.0865 e. The summed E-state index contributed by atoms with van der Waals surface area (Å²) in [5.41, 5.74) is 0.310. The summed E-state index contributed by atoms with van der Waals surface area (Å²) in [5, 5.41) is 9.95. The van der Waals surface area contributed by atoms with Crippen LogP contribution in [0.1, 0.15) is 25.8 Å². The van der Waals surface area contributed by atoms with Crippen LogP contribution in [0.15, 0.2) is 29.2 Å². The van der Waals surface area contributed by atoms with Crippen molar-refractivity contribution in [2.24, 2.45) is 0 Å². The third-order valence-corrected chi connectivity index (χ3v) is 3.14. The highest BCUT2D eigenvalue weighted by molar-refractivity contribution is 7.98. The Morgan fingerprint density at radius 3 is 2.23 bits per heavy atom. The molecule has 0 saturated heterocycles. The zero-order valence-electron chi connectivity index (χ0n) is 8.37. The second-order valence-corrected chi connectivity index (χ2v) is 4.24. The van der Waals surface area contributed by atoms with Gasteiger partial charge in [0, 0.05) is 4.90 Å². The summed E-state index contributed by atoms with van der Waals surface area (Å²) in [4.78, 5) is 1.23. The average Bonchev–Trinajstić information content (AvgIpc) is 2.18. The summed E-state index contributed by atoms with van der Waals surface area (Å²) in [6.07, 6.45) is 2.79. The molecule has 0 fully saturated rings. The van der Waals surface area contributed by atoms with Gasteiger partial charge in [-0.15, -0.1) is 11.8 Å².